The highest BCUT2D eigenvalue weighted by molar-refractivity contribution is 7.91. The molecule has 1 aliphatic rings. The van der Waals surface area contributed by atoms with Crippen LogP contribution < -0.4 is 0 Å². The quantitative estimate of drug-likeness (QED) is 0.764. The Hall–Kier alpha value is -2.18. The van der Waals surface area contributed by atoms with Gasteiger partial charge in [-0.05, 0) is 54.4 Å². The Morgan fingerprint density at radius 1 is 1.00 bits per heavy atom. The van der Waals surface area contributed by atoms with Crippen molar-refractivity contribution in [3.8, 4) is 0 Å². The fourth-order valence-electron chi connectivity index (χ4n) is 2.44. The molecule has 0 saturated carbocycles. The van der Waals surface area contributed by atoms with Crippen LogP contribution in [0.15, 0.2) is 63.3 Å². The minimum absolute atomic E-state index is 0.0366. The fraction of sp³-hybridized carbons (Fsp3) is 0.222. The summed E-state index contributed by atoms with van der Waals surface area (Å²) >= 11 is 5.80. The molecule has 0 N–H and O–H groups in total. The Kier molecular flexibility index (Phi) is 4.67. The van der Waals surface area contributed by atoms with Gasteiger partial charge in [0.2, 0.25) is 15.7 Å². The molecular weight excluding hydrogens is 362 g/mol. The van der Waals surface area contributed by atoms with Gasteiger partial charge in [-0.2, -0.15) is 0 Å². The Labute approximate surface area is 151 Å². The third kappa shape index (κ3) is 3.45. The maximum absolute atomic E-state index is 12.6. The number of aliphatic imine (C=N–C) groups is 1. The molecule has 1 unspecified atom stereocenters. The molecular formula is C18H16ClNO4S. The molecule has 0 amide bonds. The molecule has 1 heterocycles. The van der Waals surface area contributed by atoms with Crippen molar-refractivity contribution in [2.45, 2.75) is 29.7 Å². The zero-order chi connectivity index (χ0) is 18.2. The standard InChI is InChI=1S/C18H16ClNO4S/c1-11(2)16-18(21)24-17(20-16)12-3-7-14(8-4-12)25(22,23)15-9-5-13(19)6-10-15/h3-11,16H,1-2H3. The number of benzene rings is 2. The molecule has 1 atom stereocenters. The van der Waals surface area contributed by atoms with Crippen LogP contribution >= 0.6 is 11.6 Å². The van der Waals surface area contributed by atoms with Crippen molar-refractivity contribution in [1.29, 1.82) is 0 Å². The van der Waals surface area contributed by atoms with Crippen molar-refractivity contribution >= 4 is 33.3 Å². The van der Waals surface area contributed by atoms with E-state index in [-0.39, 0.29) is 27.6 Å². The Morgan fingerprint density at radius 2 is 1.52 bits per heavy atom. The molecule has 0 aliphatic carbocycles. The lowest BCUT2D eigenvalue weighted by molar-refractivity contribution is -0.135. The first kappa shape index (κ1) is 17.6. The molecule has 2 aromatic carbocycles. The number of halogens is 1. The number of carbonyl (C=O) groups is 1. The van der Waals surface area contributed by atoms with Crippen molar-refractivity contribution in [3.05, 3.63) is 59.1 Å². The summed E-state index contributed by atoms with van der Waals surface area (Å²) in [5, 5.41) is 0.468. The van der Waals surface area contributed by atoms with Crippen molar-refractivity contribution in [2.24, 2.45) is 10.9 Å². The van der Waals surface area contributed by atoms with Gasteiger partial charge < -0.3 is 4.74 Å². The SMILES string of the molecule is CC(C)C1N=C(c2ccc(S(=O)(=O)c3ccc(Cl)cc3)cc2)OC1=O. The van der Waals surface area contributed by atoms with Crippen LogP contribution in [-0.2, 0) is 19.4 Å². The summed E-state index contributed by atoms with van der Waals surface area (Å²) in [7, 11) is -3.64. The van der Waals surface area contributed by atoms with E-state index in [1.807, 2.05) is 13.8 Å². The summed E-state index contributed by atoms with van der Waals surface area (Å²) in [6, 6.07) is 11.6. The first-order valence-corrected chi connectivity index (χ1v) is 9.56. The molecule has 0 radical (unpaired) electrons. The molecule has 0 aromatic heterocycles. The van der Waals surface area contributed by atoms with Crippen molar-refractivity contribution < 1.29 is 17.9 Å². The number of carbonyl (C=O) groups excluding carboxylic acids is 1. The van der Waals surface area contributed by atoms with Gasteiger partial charge in [0.25, 0.3) is 0 Å². The van der Waals surface area contributed by atoms with Gasteiger partial charge in [0, 0.05) is 10.6 Å². The second kappa shape index (κ2) is 6.61. The highest BCUT2D eigenvalue weighted by atomic mass is 35.5. The van der Waals surface area contributed by atoms with Gasteiger partial charge in [-0.3, -0.25) is 0 Å². The number of esters is 1. The number of hydrogen-bond acceptors (Lipinski definition) is 5. The van der Waals surface area contributed by atoms with E-state index in [1.54, 1.807) is 12.1 Å². The number of cyclic esters (lactones) is 1. The molecule has 2 aromatic rings. The average Bonchev–Trinajstić information content (AvgIpc) is 2.97. The number of hydrogen-bond donors (Lipinski definition) is 0. The molecule has 5 nitrogen and oxygen atoms in total. The highest BCUT2D eigenvalue weighted by Gasteiger charge is 2.32. The monoisotopic (exact) mass is 377 g/mol. The maximum Gasteiger partial charge on any atom is 0.338 e. The summed E-state index contributed by atoms with van der Waals surface area (Å²) in [5.74, 6) is -0.128. The van der Waals surface area contributed by atoms with Crippen LogP contribution in [0, 0.1) is 5.92 Å². The molecule has 1 aliphatic heterocycles. The first-order chi connectivity index (χ1) is 11.8. The van der Waals surface area contributed by atoms with Crippen LogP contribution in [-0.4, -0.2) is 26.3 Å². The van der Waals surface area contributed by atoms with Crippen LogP contribution in [0.5, 0.6) is 0 Å². The lowest BCUT2D eigenvalue weighted by Gasteiger charge is -2.06. The number of rotatable bonds is 4. The summed E-state index contributed by atoms with van der Waals surface area (Å²) in [6.07, 6.45) is 0. The van der Waals surface area contributed by atoms with Gasteiger partial charge in [-0.15, -0.1) is 0 Å². The van der Waals surface area contributed by atoms with E-state index < -0.39 is 15.9 Å². The summed E-state index contributed by atoms with van der Waals surface area (Å²) < 4.78 is 30.4. The lowest BCUT2D eigenvalue weighted by atomic mass is 10.1. The molecule has 3 rings (SSSR count). The second-order valence-electron chi connectivity index (χ2n) is 6.03. The zero-order valence-electron chi connectivity index (χ0n) is 13.6. The molecule has 0 saturated heterocycles. The minimum atomic E-state index is -3.64. The molecule has 0 spiro atoms. The maximum atomic E-state index is 12.6. The van der Waals surface area contributed by atoms with Gasteiger partial charge in [0.1, 0.15) is 0 Å². The first-order valence-electron chi connectivity index (χ1n) is 7.69. The fourth-order valence-corrected chi connectivity index (χ4v) is 3.83. The van der Waals surface area contributed by atoms with Gasteiger partial charge in [0.15, 0.2) is 6.04 Å². The average molecular weight is 378 g/mol. The Balaban J connectivity index is 1.89. The topological polar surface area (TPSA) is 72.8 Å². The van der Waals surface area contributed by atoms with E-state index in [2.05, 4.69) is 4.99 Å². The largest absolute Gasteiger partial charge is 0.406 e. The van der Waals surface area contributed by atoms with E-state index in [4.69, 9.17) is 16.3 Å². The molecule has 7 heteroatoms. The third-order valence-electron chi connectivity index (χ3n) is 3.86. The van der Waals surface area contributed by atoms with E-state index in [9.17, 15) is 13.2 Å². The number of ether oxygens (including phenoxy) is 1. The molecule has 0 fully saturated rings. The van der Waals surface area contributed by atoms with Crippen LogP contribution in [0.25, 0.3) is 0 Å². The van der Waals surface area contributed by atoms with Crippen LogP contribution in [0.3, 0.4) is 0 Å². The van der Waals surface area contributed by atoms with Crippen LogP contribution in [0.1, 0.15) is 19.4 Å². The minimum Gasteiger partial charge on any atom is -0.406 e. The van der Waals surface area contributed by atoms with Crippen LogP contribution in [0.4, 0.5) is 0 Å². The number of sulfone groups is 1. The van der Waals surface area contributed by atoms with E-state index in [0.29, 0.717) is 10.6 Å². The van der Waals surface area contributed by atoms with Gasteiger partial charge in [-0.1, -0.05) is 25.4 Å². The zero-order valence-corrected chi connectivity index (χ0v) is 15.2. The van der Waals surface area contributed by atoms with Gasteiger partial charge in [-0.25, -0.2) is 18.2 Å². The normalized spacial score (nSPS) is 17.5. The summed E-state index contributed by atoms with van der Waals surface area (Å²) in [5.41, 5.74) is 0.562. The summed E-state index contributed by atoms with van der Waals surface area (Å²) in [4.78, 5) is 16.4. The second-order valence-corrected chi connectivity index (χ2v) is 8.41. The summed E-state index contributed by atoms with van der Waals surface area (Å²) in [6.45, 7) is 3.78. The number of nitrogens with zero attached hydrogens (tertiary/aromatic N) is 1. The van der Waals surface area contributed by atoms with E-state index in [0.717, 1.165) is 0 Å². The van der Waals surface area contributed by atoms with Gasteiger partial charge in [0.05, 0.1) is 9.79 Å². The molecule has 25 heavy (non-hydrogen) atoms. The van der Waals surface area contributed by atoms with Crippen molar-refractivity contribution in [2.75, 3.05) is 0 Å². The lowest BCUT2D eigenvalue weighted by Crippen LogP contribution is -2.20. The van der Waals surface area contributed by atoms with Crippen molar-refractivity contribution in [1.82, 2.24) is 0 Å². The Morgan fingerprint density at radius 3 is 2.00 bits per heavy atom. The van der Waals surface area contributed by atoms with E-state index >= 15 is 0 Å². The third-order valence-corrected chi connectivity index (χ3v) is 5.90. The van der Waals surface area contributed by atoms with Crippen LogP contribution in [0.2, 0.25) is 5.02 Å². The predicted molar refractivity (Wildman–Crippen MR) is 94.6 cm³/mol. The predicted octanol–water partition coefficient (Wildman–Crippen LogP) is 3.50. The molecule has 0 bridgehead atoms. The smallest absolute Gasteiger partial charge is 0.338 e. The van der Waals surface area contributed by atoms with E-state index in [1.165, 1.54) is 36.4 Å². The highest BCUT2D eigenvalue weighted by Crippen LogP contribution is 2.24. The van der Waals surface area contributed by atoms with Crippen molar-refractivity contribution in [3.63, 3.8) is 0 Å². The molecule has 130 valence electrons. The van der Waals surface area contributed by atoms with Gasteiger partial charge >= 0.3 is 5.97 Å². The Bertz CT molecular complexity index is 932.